The number of benzene rings is 1. The van der Waals surface area contributed by atoms with Gasteiger partial charge in [0.25, 0.3) is 0 Å². The van der Waals surface area contributed by atoms with E-state index in [1.54, 1.807) is 13.2 Å². The predicted octanol–water partition coefficient (Wildman–Crippen LogP) is 3.88. The van der Waals surface area contributed by atoms with E-state index >= 15 is 0 Å². The smallest absolute Gasteiger partial charge is 0.124 e. The van der Waals surface area contributed by atoms with E-state index in [9.17, 15) is 5.11 Å². The van der Waals surface area contributed by atoms with Gasteiger partial charge in [-0.3, -0.25) is 0 Å². The molecule has 0 spiro atoms. The molecule has 2 saturated carbocycles. The summed E-state index contributed by atoms with van der Waals surface area (Å²) in [4.78, 5) is 0. The molecule has 2 aliphatic carbocycles. The standard InChI is InChI=1S/C18H27NO2/c1-11(16-7-6-15(21-3)10-18(16)20)19-12(2)17-9-13-4-5-14(17)8-13/h6-7,10-14,17,19-20H,4-5,8-9H2,1-3H3. The molecule has 2 N–H and O–H groups in total. The van der Waals surface area contributed by atoms with Gasteiger partial charge in [-0.25, -0.2) is 0 Å². The lowest BCUT2D eigenvalue weighted by Gasteiger charge is -2.31. The third kappa shape index (κ3) is 2.89. The summed E-state index contributed by atoms with van der Waals surface area (Å²) in [7, 11) is 1.62. The van der Waals surface area contributed by atoms with E-state index in [4.69, 9.17) is 4.74 Å². The quantitative estimate of drug-likeness (QED) is 0.864. The van der Waals surface area contributed by atoms with Crippen molar-refractivity contribution in [2.24, 2.45) is 17.8 Å². The molecule has 116 valence electrons. The van der Waals surface area contributed by atoms with Crippen molar-refractivity contribution in [3.05, 3.63) is 23.8 Å². The minimum Gasteiger partial charge on any atom is -0.507 e. The van der Waals surface area contributed by atoms with Gasteiger partial charge in [0.2, 0.25) is 0 Å². The number of hydrogen-bond acceptors (Lipinski definition) is 3. The molecule has 21 heavy (non-hydrogen) atoms. The van der Waals surface area contributed by atoms with Gasteiger partial charge in [-0.2, -0.15) is 0 Å². The van der Waals surface area contributed by atoms with Gasteiger partial charge in [0, 0.05) is 23.7 Å². The SMILES string of the molecule is COc1ccc(C(C)NC(C)C2CC3CCC2C3)c(O)c1. The molecule has 0 saturated heterocycles. The van der Waals surface area contributed by atoms with Crippen LogP contribution in [0.1, 0.15) is 51.1 Å². The first-order valence-electron chi connectivity index (χ1n) is 8.21. The van der Waals surface area contributed by atoms with Crippen LogP contribution >= 0.6 is 0 Å². The highest BCUT2D eigenvalue weighted by Crippen LogP contribution is 2.49. The molecule has 1 aromatic rings. The summed E-state index contributed by atoms with van der Waals surface area (Å²) in [6.45, 7) is 4.44. The van der Waals surface area contributed by atoms with E-state index < -0.39 is 0 Å². The second-order valence-electron chi connectivity index (χ2n) is 6.94. The van der Waals surface area contributed by atoms with E-state index in [1.165, 1.54) is 25.7 Å². The van der Waals surface area contributed by atoms with Crippen molar-refractivity contribution >= 4 is 0 Å². The van der Waals surface area contributed by atoms with E-state index in [-0.39, 0.29) is 6.04 Å². The highest BCUT2D eigenvalue weighted by molar-refractivity contribution is 5.41. The number of hydrogen-bond donors (Lipinski definition) is 2. The van der Waals surface area contributed by atoms with Crippen LogP contribution in [0.2, 0.25) is 0 Å². The van der Waals surface area contributed by atoms with Crippen LogP contribution in [0.5, 0.6) is 11.5 Å². The summed E-state index contributed by atoms with van der Waals surface area (Å²) in [5, 5.41) is 13.9. The summed E-state index contributed by atoms with van der Waals surface area (Å²) in [5.74, 6) is 3.73. The zero-order valence-electron chi connectivity index (χ0n) is 13.3. The number of ether oxygens (including phenoxy) is 1. The molecule has 0 amide bonds. The van der Waals surface area contributed by atoms with Gasteiger partial charge >= 0.3 is 0 Å². The maximum absolute atomic E-state index is 10.2. The Balaban J connectivity index is 1.64. The third-order valence-corrected chi connectivity index (χ3v) is 5.65. The Morgan fingerprint density at radius 3 is 2.62 bits per heavy atom. The third-order valence-electron chi connectivity index (χ3n) is 5.65. The Morgan fingerprint density at radius 1 is 1.24 bits per heavy atom. The molecular formula is C18H27NO2. The number of fused-ring (bicyclic) bond motifs is 2. The fourth-order valence-electron chi connectivity index (χ4n) is 4.53. The zero-order chi connectivity index (χ0) is 15.0. The molecule has 0 radical (unpaired) electrons. The van der Waals surface area contributed by atoms with E-state index in [0.717, 1.165) is 23.3 Å². The number of methoxy groups -OCH3 is 1. The summed E-state index contributed by atoms with van der Waals surface area (Å²) in [6.07, 6.45) is 5.70. The number of aromatic hydroxyl groups is 1. The summed E-state index contributed by atoms with van der Waals surface area (Å²) in [6, 6.07) is 6.23. The molecule has 2 fully saturated rings. The minimum absolute atomic E-state index is 0.157. The van der Waals surface area contributed by atoms with E-state index in [0.29, 0.717) is 17.5 Å². The van der Waals surface area contributed by atoms with Crippen LogP contribution in [0, 0.1) is 17.8 Å². The van der Waals surface area contributed by atoms with Crippen LogP contribution in [0.3, 0.4) is 0 Å². The fraction of sp³-hybridized carbons (Fsp3) is 0.667. The first-order valence-corrected chi connectivity index (χ1v) is 8.21. The highest BCUT2D eigenvalue weighted by Gasteiger charge is 2.41. The largest absolute Gasteiger partial charge is 0.507 e. The molecule has 0 heterocycles. The average Bonchev–Trinajstić information content (AvgIpc) is 3.09. The highest BCUT2D eigenvalue weighted by atomic mass is 16.5. The first-order chi connectivity index (χ1) is 10.1. The second kappa shape index (κ2) is 5.88. The zero-order valence-corrected chi connectivity index (χ0v) is 13.3. The molecule has 5 atom stereocenters. The molecule has 0 aliphatic heterocycles. The molecule has 5 unspecified atom stereocenters. The molecule has 1 aromatic carbocycles. The van der Waals surface area contributed by atoms with Crippen LogP contribution < -0.4 is 10.1 Å². The summed E-state index contributed by atoms with van der Waals surface area (Å²) >= 11 is 0. The van der Waals surface area contributed by atoms with Crippen molar-refractivity contribution in [2.45, 2.75) is 51.6 Å². The van der Waals surface area contributed by atoms with Crippen LogP contribution in [0.15, 0.2) is 18.2 Å². The number of phenols is 1. The Labute approximate surface area is 127 Å². The maximum Gasteiger partial charge on any atom is 0.124 e. The second-order valence-corrected chi connectivity index (χ2v) is 6.94. The van der Waals surface area contributed by atoms with E-state index in [1.807, 2.05) is 12.1 Å². The molecule has 0 aromatic heterocycles. The molecule has 2 bridgehead atoms. The van der Waals surface area contributed by atoms with Gasteiger partial charge in [-0.1, -0.05) is 12.5 Å². The minimum atomic E-state index is 0.157. The summed E-state index contributed by atoms with van der Waals surface area (Å²) in [5.41, 5.74) is 0.950. The van der Waals surface area contributed by atoms with Gasteiger partial charge in [0.1, 0.15) is 11.5 Å². The average molecular weight is 289 g/mol. The number of nitrogens with one attached hydrogen (secondary N) is 1. The van der Waals surface area contributed by atoms with Crippen LogP contribution in [0.4, 0.5) is 0 Å². The van der Waals surface area contributed by atoms with Gasteiger partial charge in [0.15, 0.2) is 0 Å². The van der Waals surface area contributed by atoms with Crippen molar-refractivity contribution < 1.29 is 9.84 Å². The Morgan fingerprint density at radius 2 is 2.05 bits per heavy atom. The van der Waals surface area contributed by atoms with Crippen LogP contribution in [0.25, 0.3) is 0 Å². The monoisotopic (exact) mass is 289 g/mol. The molecule has 3 nitrogen and oxygen atoms in total. The lowest BCUT2D eigenvalue weighted by molar-refractivity contribution is 0.247. The molecule has 3 rings (SSSR count). The summed E-state index contributed by atoms with van der Waals surface area (Å²) < 4.78 is 5.15. The Hall–Kier alpha value is -1.22. The van der Waals surface area contributed by atoms with Crippen molar-refractivity contribution in [2.75, 3.05) is 7.11 Å². The van der Waals surface area contributed by atoms with Gasteiger partial charge in [-0.15, -0.1) is 0 Å². The Bertz CT molecular complexity index is 502. The van der Waals surface area contributed by atoms with Crippen molar-refractivity contribution in [1.29, 1.82) is 0 Å². The van der Waals surface area contributed by atoms with Crippen LogP contribution in [-0.2, 0) is 0 Å². The lowest BCUT2D eigenvalue weighted by atomic mass is 9.83. The molecule has 2 aliphatic rings. The van der Waals surface area contributed by atoms with Crippen molar-refractivity contribution in [3.8, 4) is 11.5 Å². The van der Waals surface area contributed by atoms with Crippen molar-refractivity contribution in [1.82, 2.24) is 5.32 Å². The topological polar surface area (TPSA) is 41.5 Å². The van der Waals surface area contributed by atoms with Gasteiger partial charge in [-0.05, 0) is 56.9 Å². The predicted molar refractivity (Wildman–Crippen MR) is 84.6 cm³/mol. The number of phenolic OH excluding ortho intramolecular Hbond substituents is 1. The molecular weight excluding hydrogens is 262 g/mol. The first kappa shape index (κ1) is 14.7. The maximum atomic E-state index is 10.2. The van der Waals surface area contributed by atoms with Gasteiger partial charge in [0.05, 0.1) is 7.11 Å². The lowest BCUT2D eigenvalue weighted by Crippen LogP contribution is -2.37. The number of rotatable bonds is 5. The van der Waals surface area contributed by atoms with E-state index in [2.05, 4.69) is 19.2 Å². The van der Waals surface area contributed by atoms with Gasteiger partial charge < -0.3 is 15.2 Å². The van der Waals surface area contributed by atoms with Crippen molar-refractivity contribution in [3.63, 3.8) is 0 Å². The molecule has 3 heteroatoms. The van der Waals surface area contributed by atoms with Crippen LogP contribution in [-0.4, -0.2) is 18.3 Å². The Kier molecular flexibility index (Phi) is 4.12. The normalized spacial score (nSPS) is 30.3. The fourth-order valence-corrected chi connectivity index (χ4v) is 4.53.